The van der Waals surface area contributed by atoms with E-state index in [0.29, 0.717) is 27.9 Å². The largest absolute Gasteiger partial charge is 0.463 e. The van der Waals surface area contributed by atoms with E-state index in [4.69, 9.17) is 9.15 Å². The van der Waals surface area contributed by atoms with Gasteiger partial charge in [-0.1, -0.05) is 36.4 Å². The van der Waals surface area contributed by atoms with E-state index in [1.165, 1.54) is 0 Å². The van der Waals surface area contributed by atoms with E-state index in [-0.39, 0.29) is 18.6 Å². The molecule has 0 saturated heterocycles. The van der Waals surface area contributed by atoms with Crippen LogP contribution < -0.4 is 4.90 Å². The van der Waals surface area contributed by atoms with Crippen LogP contribution in [-0.2, 0) is 9.53 Å². The molecule has 0 aliphatic heterocycles. The molecule has 2 heterocycles. The van der Waals surface area contributed by atoms with Crippen LogP contribution in [0.4, 0.5) is 5.69 Å². The third-order valence-electron chi connectivity index (χ3n) is 4.86. The van der Waals surface area contributed by atoms with Gasteiger partial charge in [-0.25, -0.2) is 9.78 Å². The molecule has 0 radical (unpaired) electrons. The van der Waals surface area contributed by atoms with Crippen molar-refractivity contribution in [1.82, 2.24) is 4.98 Å². The lowest BCUT2D eigenvalue weighted by Gasteiger charge is -2.26. The van der Waals surface area contributed by atoms with Gasteiger partial charge in [0.1, 0.15) is 5.69 Å². The van der Waals surface area contributed by atoms with Gasteiger partial charge in [0.15, 0.2) is 12.4 Å². The maximum absolute atomic E-state index is 13.0. The lowest BCUT2D eigenvalue weighted by Crippen LogP contribution is -2.39. The molecule has 0 fully saturated rings. The molecule has 0 atom stereocenters. The first-order valence-corrected chi connectivity index (χ1v) is 10.0. The molecule has 0 saturated carbocycles. The minimum atomic E-state index is -0.587. The first kappa shape index (κ1) is 20.3. The van der Waals surface area contributed by atoms with Gasteiger partial charge in [0, 0.05) is 17.1 Å². The number of para-hydroxylation sites is 2. The number of aromatic nitrogens is 1. The Morgan fingerprint density at radius 2 is 1.74 bits per heavy atom. The van der Waals surface area contributed by atoms with Crippen molar-refractivity contribution in [2.75, 3.05) is 11.5 Å². The van der Waals surface area contributed by atoms with Gasteiger partial charge in [-0.3, -0.25) is 4.79 Å². The molecule has 0 aliphatic rings. The molecule has 2 aromatic heterocycles. The number of carbonyl (C=O) groups excluding carboxylic acids is 2. The van der Waals surface area contributed by atoms with Crippen molar-refractivity contribution >= 4 is 28.5 Å². The van der Waals surface area contributed by atoms with Gasteiger partial charge in [0.2, 0.25) is 0 Å². The Kier molecular flexibility index (Phi) is 5.80. The average molecular weight is 414 g/mol. The summed E-state index contributed by atoms with van der Waals surface area (Å²) in [6.45, 7) is 3.47. The van der Waals surface area contributed by atoms with Crippen molar-refractivity contribution in [3.63, 3.8) is 0 Å². The normalized spacial score (nSPS) is 10.9. The number of pyridine rings is 1. The second kappa shape index (κ2) is 8.83. The molecule has 0 spiro atoms. The number of hydrogen-bond acceptors (Lipinski definition) is 5. The predicted molar refractivity (Wildman–Crippen MR) is 119 cm³/mol. The van der Waals surface area contributed by atoms with Gasteiger partial charge in [-0.15, -0.1) is 0 Å². The Labute approximate surface area is 180 Å². The highest BCUT2D eigenvalue weighted by Crippen LogP contribution is 2.26. The van der Waals surface area contributed by atoms with Crippen molar-refractivity contribution in [3.8, 4) is 11.5 Å². The molecular formula is C25H22N2O4. The number of furan rings is 1. The van der Waals surface area contributed by atoms with Crippen LogP contribution in [0.2, 0.25) is 0 Å². The lowest BCUT2D eigenvalue weighted by molar-refractivity contribution is -0.122. The summed E-state index contributed by atoms with van der Waals surface area (Å²) in [4.78, 5) is 32.0. The number of ether oxygens (including phenoxy) is 1. The molecule has 0 bridgehead atoms. The molecule has 2 aromatic carbocycles. The summed E-state index contributed by atoms with van der Waals surface area (Å²) in [6, 6.07) is 21.7. The van der Waals surface area contributed by atoms with Gasteiger partial charge in [-0.2, -0.15) is 0 Å². The Morgan fingerprint density at radius 3 is 2.45 bits per heavy atom. The van der Waals surface area contributed by atoms with Crippen LogP contribution in [-0.4, -0.2) is 29.5 Å². The Bertz CT molecular complexity index is 1200. The van der Waals surface area contributed by atoms with E-state index in [9.17, 15) is 9.59 Å². The summed E-state index contributed by atoms with van der Waals surface area (Å²) < 4.78 is 10.9. The number of hydrogen-bond donors (Lipinski definition) is 0. The molecule has 31 heavy (non-hydrogen) atoms. The fraction of sp³-hybridized carbons (Fsp3) is 0.160. The molecule has 4 aromatic rings. The van der Waals surface area contributed by atoms with Gasteiger partial charge < -0.3 is 14.1 Å². The Morgan fingerprint density at radius 1 is 1.00 bits per heavy atom. The van der Waals surface area contributed by atoms with Crippen LogP contribution in [0.15, 0.2) is 83.5 Å². The number of rotatable bonds is 6. The number of anilines is 1. The summed E-state index contributed by atoms with van der Waals surface area (Å²) in [7, 11) is 0. The fourth-order valence-corrected chi connectivity index (χ4v) is 3.49. The van der Waals surface area contributed by atoms with Crippen LogP contribution >= 0.6 is 0 Å². The topological polar surface area (TPSA) is 72.6 Å². The molecule has 6 heteroatoms. The summed E-state index contributed by atoms with van der Waals surface area (Å²) in [5.41, 5.74) is 2.26. The minimum absolute atomic E-state index is 0.0825. The maximum Gasteiger partial charge on any atom is 0.339 e. The van der Waals surface area contributed by atoms with Crippen LogP contribution in [0.3, 0.4) is 0 Å². The van der Waals surface area contributed by atoms with Crippen LogP contribution in [0, 0.1) is 0 Å². The molecule has 0 unspecified atom stereocenters. The van der Waals surface area contributed by atoms with Crippen molar-refractivity contribution in [3.05, 3.63) is 84.6 Å². The number of fused-ring (bicyclic) bond motifs is 1. The number of amides is 1. The zero-order valence-electron chi connectivity index (χ0n) is 17.3. The van der Waals surface area contributed by atoms with Crippen LogP contribution in [0.25, 0.3) is 22.4 Å². The Hall–Kier alpha value is -3.93. The molecule has 0 N–H and O–H groups in total. The van der Waals surface area contributed by atoms with E-state index in [2.05, 4.69) is 4.98 Å². The molecule has 6 nitrogen and oxygen atoms in total. The van der Waals surface area contributed by atoms with Gasteiger partial charge in [0.25, 0.3) is 5.91 Å². The zero-order chi connectivity index (χ0) is 21.8. The van der Waals surface area contributed by atoms with Crippen LogP contribution in [0.5, 0.6) is 0 Å². The molecule has 1 amide bonds. The highest BCUT2D eigenvalue weighted by Gasteiger charge is 2.22. The lowest BCUT2D eigenvalue weighted by atomic mass is 10.1. The highest BCUT2D eigenvalue weighted by molar-refractivity contribution is 6.05. The summed E-state index contributed by atoms with van der Waals surface area (Å²) in [5, 5.41) is 0.652. The molecule has 4 rings (SSSR count). The van der Waals surface area contributed by atoms with Gasteiger partial charge in [0.05, 0.1) is 17.3 Å². The van der Waals surface area contributed by atoms with Crippen LogP contribution in [0.1, 0.15) is 24.2 Å². The SMILES string of the molecule is CC(C)N(C(=O)COC(=O)c1cc(-c2ccco2)nc2ccccc12)c1ccccc1. The summed E-state index contributed by atoms with van der Waals surface area (Å²) in [6.07, 6.45) is 1.55. The number of carbonyl (C=O) groups is 2. The molecule has 0 aliphatic carbocycles. The van der Waals surface area contributed by atoms with Crippen molar-refractivity contribution in [2.24, 2.45) is 0 Å². The summed E-state index contributed by atoms with van der Waals surface area (Å²) >= 11 is 0. The summed E-state index contributed by atoms with van der Waals surface area (Å²) in [5.74, 6) is -0.332. The highest BCUT2D eigenvalue weighted by atomic mass is 16.5. The van der Waals surface area contributed by atoms with E-state index in [0.717, 1.165) is 5.69 Å². The first-order chi connectivity index (χ1) is 15.0. The van der Waals surface area contributed by atoms with E-state index < -0.39 is 5.97 Å². The van der Waals surface area contributed by atoms with Crippen molar-refractivity contribution in [1.29, 1.82) is 0 Å². The number of esters is 1. The average Bonchev–Trinajstić information content (AvgIpc) is 3.32. The Balaban J connectivity index is 1.59. The second-order valence-electron chi connectivity index (χ2n) is 7.32. The minimum Gasteiger partial charge on any atom is -0.463 e. The quantitative estimate of drug-likeness (QED) is 0.411. The fourth-order valence-electron chi connectivity index (χ4n) is 3.49. The third kappa shape index (κ3) is 4.33. The second-order valence-corrected chi connectivity index (χ2v) is 7.32. The first-order valence-electron chi connectivity index (χ1n) is 10.0. The van der Waals surface area contributed by atoms with E-state index in [1.807, 2.05) is 62.4 Å². The van der Waals surface area contributed by atoms with E-state index in [1.54, 1.807) is 35.4 Å². The third-order valence-corrected chi connectivity index (χ3v) is 4.86. The monoisotopic (exact) mass is 414 g/mol. The number of nitrogens with zero attached hydrogens (tertiary/aromatic N) is 2. The standard InChI is InChI=1S/C25H22N2O4/c1-17(2)27(18-9-4-3-5-10-18)24(28)16-31-25(29)20-15-22(23-13-8-14-30-23)26-21-12-7-6-11-19(20)21/h3-15,17H,16H2,1-2H3. The smallest absolute Gasteiger partial charge is 0.339 e. The number of benzene rings is 2. The molecule has 156 valence electrons. The van der Waals surface area contributed by atoms with Crippen molar-refractivity contribution in [2.45, 2.75) is 19.9 Å². The van der Waals surface area contributed by atoms with Crippen molar-refractivity contribution < 1.29 is 18.7 Å². The zero-order valence-corrected chi connectivity index (χ0v) is 17.3. The molecular weight excluding hydrogens is 392 g/mol. The maximum atomic E-state index is 13.0. The predicted octanol–water partition coefficient (Wildman–Crippen LogP) is 5.09. The van der Waals surface area contributed by atoms with Gasteiger partial charge in [-0.05, 0) is 50.2 Å². The van der Waals surface area contributed by atoms with E-state index >= 15 is 0 Å². The van der Waals surface area contributed by atoms with Gasteiger partial charge >= 0.3 is 5.97 Å².